The number of nitrogens with one attached hydrogen (secondary N) is 2. The highest BCUT2D eigenvalue weighted by Crippen LogP contribution is 2.21. The molecule has 1 aromatic carbocycles. The van der Waals surface area contributed by atoms with E-state index in [-0.39, 0.29) is 33.3 Å². The molecule has 2 aromatic rings. The highest BCUT2D eigenvalue weighted by atomic mass is 79.9. The molecule has 0 saturated carbocycles. The minimum absolute atomic E-state index is 0.0416. The molecule has 0 aliphatic heterocycles. The first-order chi connectivity index (χ1) is 12.4. The summed E-state index contributed by atoms with van der Waals surface area (Å²) in [7, 11) is -3.05. The second kappa shape index (κ2) is 8.94. The van der Waals surface area contributed by atoms with Crippen LogP contribution in [0.25, 0.3) is 0 Å². The van der Waals surface area contributed by atoms with Gasteiger partial charge in [-0.2, -0.15) is 0 Å². The van der Waals surface area contributed by atoms with Crippen LogP contribution >= 0.6 is 15.9 Å². The van der Waals surface area contributed by atoms with E-state index in [1.807, 2.05) is 0 Å². The van der Waals surface area contributed by atoms with Crippen LogP contribution < -0.4 is 10.6 Å². The molecule has 1 aromatic heterocycles. The average molecular weight is 450 g/mol. The van der Waals surface area contributed by atoms with E-state index < -0.39 is 15.7 Å². The lowest BCUT2D eigenvalue weighted by atomic mass is 10.3. The standard InChI is InChI=1S/C14H17BrFN5O4S/c1-2-26(23,24)7-3-6-17-13-12(20-25-21-13)14(19-22)18-9-4-5-11(16)10(15)8-9/h4-5,8,22H,2-3,6-7H2,1H3,(H,17,21)(H,18,19). The summed E-state index contributed by atoms with van der Waals surface area (Å²) in [5, 5.41) is 25.3. The molecule has 3 N–H and O–H groups in total. The largest absolute Gasteiger partial charge is 0.409 e. The van der Waals surface area contributed by atoms with Crippen molar-refractivity contribution in [2.75, 3.05) is 28.7 Å². The fourth-order valence-electron chi connectivity index (χ4n) is 1.95. The molecule has 26 heavy (non-hydrogen) atoms. The summed E-state index contributed by atoms with van der Waals surface area (Å²) in [6, 6.07) is 4.13. The van der Waals surface area contributed by atoms with E-state index in [1.165, 1.54) is 18.2 Å². The van der Waals surface area contributed by atoms with E-state index >= 15 is 0 Å². The number of amidine groups is 1. The summed E-state index contributed by atoms with van der Waals surface area (Å²) in [6.45, 7) is 1.90. The van der Waals surface area contributed by atoms with E-state index in [0.717, 1.165) is 0 Å². The molecule has 0 fully saturated rings. The Morgan fingerprint density at radius 1 is 1.42 bits per heavy atom. The molecular weight excluding hydrogens is 433 g/mol. The number of rotatable bonds is 8. The van der Waals surface area contributed by atoms with Crippen LogP contribution in [0.3, 0.4) is 0 Å². The normalized spacial score (nSPS) is 12.2. The van der Waals surface area contributed by atoms with Gasteiger partial charge >= 0.3 is 0 Å². The second-order valence-electron chi connectivity index (χ2n) is 5.18. The third-order valence-electron chi connectivity index (χ3n) is 3.36. The smallest absolute Gasteiger partial charge is 0.203 e. The number of hydrogen-bond acceptors (Lipinski definition) is 8. The Morgan fingerprint density at radius 2 is 2.19 bits per heavy atom. The Labute approximate surface area is 157 Å². The Morgan fingerprint density at radius 3 is 2.85 bits per heavy atom. The van der Waals surface area contributed by atoms with Crippen molar-refractivity contribution in [1.82, 2.24) is 10.3 Å². The van der Waals surface area contributed by atoms with E-state index in [1.54, 1.807) is 6.92 Å². The zero-order valence-electron chi connectivity index (χ0n) is 13.7. The zero-order valence-corrected chi connectivity index (χ0v) is 16.1. The molecule has 0 saturated heterocycles. The molecule has 0 amide bonds. The van der Waals surface area contributed by atoms with E-state index in [9.17, 15) is 18.0 Å². The van der Waals surface area contributed by atoms with Crippen LogP contribution in [0.15, 0.2) is 32.5 Å². The summed E-state index contributed by atoms with van der Waals surface area (Å²) in [5.74, 6) is -0.207. The number of nitrogens with zero attached hydrogens (tertiary/aromatic N) is 3. The van der Waals surface area contributed by atoms with Gasteiger partial charge < -0.3 is 15.8 Å². The quantitative estimate of drug-likeness (QED) is 0.184. The van der Waals surface area contributed by atoms with Gasteiger partial charge in [0.15, 0.2) is 5.69 Å². The van der Waals surface area contributed by atoms with Crippen LogP contribution in [0.2, 0.25) is 0 Å². The molecule has 2 rings (SSSR count). The van der Waals surface area contributed by atoms with Gasteiger partial charge in [-0.3, -0.25) is 0 Å². The van der Waals surface area contributed by atoms with Crippen LogP contribution in [0.4, 0.5) is 15.9 Å². The van der Waals surface area contributed by atoms with Crippen LogP contribution in [0, 0.1) is 5.82 Å². The summed E-state index contributed by atoms with van der Waals surface area (Å²) in [5.41, 5.74) is 0.528. The van der Waals surface area contributed by atoms with E-state index in [2.05, 4.69) is 46.7 Å². The van der Waals surface area contributed by atoms with Crippen molar-refractivity contribution < 1.29 is 22.6 Å². The number of aromatic nitrogens is 2. The fraction of sp³-hybridized carbons (Fsp3) is 0.357. The molecule has 0 aliphatic carbocycles. The van der Waals surface area contributed by atoms with Crippen LogP contribution in [-0.4, -0.2) is 47.8 Å². The lowest BCUT2D eigenvalue weighted by Gasteiger charge is -2.08. The van der Waals surface area contributed by atoms with E-state index in [0.29, 0.717) is 18.7 Å². The van der Waals surface area contributed by atoms with Crippen molar-refractivity contribution in [1.29, 1.82) is 0 Å². The second-order valence-corrected chi connectivity index (χ2v) is 8.51. The number of oxime groups is 1. The number of benzene rings is 1. The van der Waals surface area contributed by atoms with Gasteiger partial charge in [-0.05, 0) is 50.9 Å². The molecule has 9 nitrogen and oxygen atoms in total. The predicted molar refractivity (Wildman–Crippen MR) is 97.8 cm³/mol. The van der Waals surface area contributed by atoms with Gasteiger partial charge in [0, 0.05) is 18.0 Å². The molecule has 0 bridgehead atoms. The highest BCUT2D eigenvalue weighted by molar-refractivity contribution is 9.10. The van der Waals surface area contributed by atoms with Crippen molar-refractivity contribution in [3.8, 4) is 0 Å². The molecular formula is C14H17BrFN5O4S. The summed E-state index contributed by atoms with van der Waals surface area (Å²) >= 11 is 3.06. The van der Waals surface area contributed by atoms with Crippen molar-refractivity contribution >= 4 is 43.1 Å². The summed E-state index contributed by atoms with van der Waals surface area (Å²) < 4.78 is 41.1. The first kappa shape index (κ1) is 20.1. The maximum Gasteiger partial charge on any atom is 0.203 e. The van der Waals surface area contributed by atoms with Crippen molar-refractivity contribution in [2.45, 2.75) is 13.3 Å². The van der Waals surface area contributed by atoms with Gasteiger partial charge in [0.1, 0.15) is 15.7 Å². The predicted octanol–water partition coefficient (Wildman–Crippen LogP) is 2.46. The highest BCUT2D eigenvalue weighted by Gasteiger charge is 2.18. The van der Waals surface area contributed by atoms with Gasteiger partial charge in [0.05, 0.1) is 10.2 Å². The Kier molecular flexibility index (Phi) is 6.91. The Bertz CT molecular complexity index is 887. The zero-order chi connectivity index (χ0) is 19.2. The lowest BCUT2D eigenvalue weighted by Crippen LogP contribution is -2.18. The van der Waals surface area contributed by atoms with Crippen LogP contribution in [0.5, 0.6) is 0 Å². The third-order valence-corrected chi connectivity index (χ3v) is 5.76. The molecule has 0 radical (unpaired) electrons. The monoisotopic (exact) mass is 449 g/mol. The number of sulfone groups is 1. The molecule has 0 unspecified atom stereocenters. The molecule has 1 heterocycles. The van der Waals surface area contributed by atoms with E-state index in [4.69, 9.17) is 0 Å². The minimum Gasteiger partial charge on any atom is -0.409 e. The first-order valence-corrected chi connectivity index (χ1v) is 10.2. The summed E-state index contributed by atoms with van der Waals surface area (Å²) in [6.07, 6.45) is 0.367. The maximum absolute atomic E-state index is 13.3. The third kappa shape index (κ3) is 5.39. The molecule has 0 atom stereocenters. The SMILES string of the molecule is CCS(=O)(=O)CCCNc1nonc1C(=NO)Nc1ccc(F)c(Br)c1. The van der Waals surface area contributed by atoms with Gasteiger partial charge in [-0.1, -0.05) is 12.1 Å². The number of anilines is 2. The fourth-order valence-corrected chi connectivity index (χ4v) is 3.20. The summed E-state index contributed by atoms with van der Waals surface area (Å²) in [4.78, 5) is 0. The first-order valence-electron chi connectivity index (χ1n) is 7.57. The lowest BCUT2D eigenvalue weighted by molar-refractivity contribution is 0.305. The Hall–Kier alpha value is -2.21. The number of halogens is 2. The Balaban J connectivity index is 2.03. The minimum atomic E-state index is -3.05. The van der Waals surface area contributed by atoms with Gasteiger partial charge in [-0.15, -0.1) is 0 Å². The van der Waals surface area contributed by atoms with Crippen LogP contribution in [-0.2, 0) is 9.84 Å². The van der Waals surface area contributed by atoms with Crippen molar-refractivity contribution in [3.05, 3.63) is 34.2 Å². The molecule has 0 aliphatic rings. The molecule has 12 heteroatoms. The molecule has 142 valence electrons. The topological polar surface area (TPSA) is 130 Å². The number of hydrogen-bond donors (Lipinski definition) is 3. The van der Waals surface area contributed by atoms with Crippen molar-refractivity contribution in [2.24, 2.45) is 5.16 Å². The van der Waals surface area contributed by atoms with Gasteiger partial charge in [0.25, 0.3) is 0 Å². The maximum atomic E-state index is 13.3. The van der Waals surface area contributed by atoms with Gasteiger partial charge in [0.2, 0.25) is 11.7 Å². The van der Waals surface area contributed by atoms with Crippen molar-refractivity contribution in [3.63, 3.8) is 0 Å². The average Bonchev–Trinajstić information content (AvgIpc) is 3.08. The van der Waals surface area contributed by atoms with Crippen LogP contribution in [0.1, 0.15) is 19.0 Å². The molecule has 0 spiro atoms. The van der Waals surface area contributed by atoms with Gasteiger partial charge in [-0.25, -0.2) is 17.4 Å².